The summed E-state index contributed by atoms with van der Waals surface area (Å²) in [4.78, 5) is 14.7. The third-order valence-electron chi connectivity index (χ3n) is 4.28. The molecule has 4 nitrogen and oxygen atoms in total. The molecule has 2 aromatic carbocycles. The Morgan fingerprint density at radius 2 is 1.74 bits per heavy atom. The predicted octanol–water partition coefficient (Wildman–Crippen LogP) is 4.55. The molecule has 0 unspecified atom stereocenters. The van der Waals surface area contributed by atoms with Crippen LogP contribution in [0.25, 0.3) is 0 Å². The van der Waals surface area contributed by atoms with Gasteiger partial charge in [-0.15, -0.1) is 0 Å². The van der Waals surface area contributed by atoms with Crippen LogP contribution in [0.5, 0.6) is 0 Å². The number of hydrogen-bond acceptors (Lipinski definition) is 2. The van der Waals surface area contributed by atoms with Crippen molar-refractivity contribution in [1.29, 1.82) is 0 Å². The third kappa shape index (κ3) is 2.47. The summed E-state index contributed by atoms with van der Waals surface area (Å²) in [6, 6.07) is 15.1. The summed E-state index contributed by atoms with van der Waals surface area (Å²) in [5.74, 6) is 0. The monoisotopic (exact) mass is 347 g/mol. The smallest absolute Gasteiger partial charge is 0.271 e. The number of urea groups is 1. The molecule has 0 aliphatic carbocycles. The highest BCUT2D eigenvalue weighted by Crippen LogP contribution is 2.41. The van der Waals surface area contributed by atoms with Crippen LogP contribution in [0, 0.1) is 0 Å². The second kappa shape index (κ2) is 5.71. The molecule has 0 saturated carbocycles. The molecular formula is C17H15Cl2N3O. The van der Waals surface area contributed by atoms with Crippen LogP contribution in [-0.2, 0) is 0 Å². The minimum absolute atomic E-state index is 0.00952. The van der Waals surface area contributed by atoms with Crippen molar-refractivity contribution >= 4 is 34.9 Å². The van der Waals surface area contributed by atoms with Gasteiger partial charge < -0.3 is 0 Å². The van der Waals surface area contributed by atoms with Gasteiger partial charge in [-0.3, -0.25) is 9.91 Å². The Morgan fingerprint density at radius 3 is 2.48 bits per heavy atom. The first-order valence-corrected chi connectivity index (χ1v) is 8.29. The van der Waals surface area contributed by atoms with Gasteiger partial charge in [0.1, 0.15) is 6.17 Å². The fourth-order valence-electron chi connectivity index (χ4n) is 3.29. The first-order chi connectivity index (χ1) is 11.1. The molecule has 2 amide bonds. The number of halogens is 2. The molecule has 1 atom stereocenters. The van der Waals surface area contributed by atoms with Gasteiger partial charge in [-0.1, -0.05) is 41.4 Å². The largest absolute Gasteiger partial charge is 0.340 e. The molecule has 2 aliphatic heterocycles. The average Bonchev–Trinajstić information content (AvgIpc) is 3.11. The molecule has 2 saturated heterocycles. The van der Waals surface area contributed by atoms with Gasteiger partial charge in [-0.05, 0) is 42.3 Å². The molecule has 23 heavy (non-hydrogen) atoms. The van der Waals surface area contributed by atoms with Crippen molar-refractivity contribution in [3.05, 3.63) is 64.1 Å². The molecule has 0 aromatic heterocycles. The van der Waals surface area contributed by atoms with E-state index in [9.17, 15) is 4.79 Å². The van der Waals surface area contributed by atoms with E-state index in [0.717, 1.165) is 30.8 Å². The molecule has 0 spiro atoms. The summed E-state index contributed by atoms with van der Waals surface area (Å²) in [6.45, 7) is 1.61. The van der Waals surface area contributed by atoms with Gasteiger partial charge in [0.15, 0.2) is 0 Å². The Bertz CT molecular complexity index is 750. The lowest BCUT2D eigenvalue weighted by molar-refractivity contribution is 0.0728. The number of amides is 2. The molecule has 2 aromatic rings. The maximum absolute atomic E-state index is 12.9. The number of hydrogen-bond donors (Lipinski definition) is 0. The zero-order valence-corrected chi connectivity index (χ0v) is 13.8. The first kappa shape index (κ1) is 14.8. The predicted molar refractivity (Wildman–Crippen MR) is 91.5 cm³/mol. The second-order valence-corrected chi connectivity index (χ2v) is 6.57. The van der Waals surface area contributed by atoms with Crippen molar-refractivity contribution in [2.24, 2.45) is 0 Å². The Kier molecular flexibility index (Phi) is 3.68. The molecule has 0 N–H and O–H groups in total. The van der Waals surface area contributed by atoms with Gasteiger partial charge in [0, 0.05) is 28.8 Å². The van der Waals surface area contributed by atoms with E-state index >= 15 is 0 Å². The quantitative estimate of drug-likeness (QED) is 0.796. The molecule has 118 valence electrons. The second-order valence-electron chi connectivity index (χ2n) is 5.70. The standard InChI is InChI=1S/C17H15Cl2N3O/c18-13-7-5-12(6-8-13)16-20-9-2-10-21(20)17(23)22(16)15-4-1-3-14(19)11-15/h1,3-8,11,16H,2,9-10H2/t16-/m0/s1. The Hall–Kier alpha value is -1.75. The number of fused-ring (bicyclic) bond motifs is 1. The van der Waals surface area contributed by atoms with Crippen LogP contribution >= 0.6 is 23.2 Å². The number of rotatable bonds is 2. The van der Waals surface area contributed by atoms with Crippen molar-refractivity contribution in [1.82, 2.24) is 10.0 Å². The lowest BCUT2D eigenvalue weighted by atomic mass is 10.1. The fraction of sp³-hybridized carbons (Fsp3) is 0.235. The molecule has 0 radical (unpaired) electrons. The van der Waals surface area contributed by atoms with E-state index in [2.05, 4.69) is 5.01 Å². The number of benzene rings is 2. The summed E-state index contributed by atoms with van der Waals surface area (Å²) in [5.41, 5.74) is 1.84. The first-order valence-electron chi connectivity index (χ1n) is 7.53. The van der Waals surface area contributed by atoms with E-state index in [1.165, 1.54) is 0 Å². The van der Waals surface area contributed by atoms with Crippen molar-refractivity contribution in [3.63, 3.8) is 0 Å². The maximum Gasteiger partial charge on any atom is 0.340 e. The zero-order chi connectivity index (χ0) is 16.0. The van der Waals surface area contributed by atoms with Gasteiger partial charge in [0.25, 0.3) is 0 Å². The van der Waals surface area contributed by atoms with Crippen LogP contribution in [0.3, 0.4) is 0 Å². The van der Waals surface area contributed by atoms with Gasteiger partial charge in [-0.25, -0.2) is 4.79 Å². The summed E-state index contributed by atoms with van der Waals surface area (Å²) in [6.07, 6.45) is 0.819. The lowest BCUT2D eigenvalue weighted by Gasteiger charge is -2.28. The van der Waals surface area contributed by atoms with Gasteiger partial charge in [0.2, 0.25) is 0 Å². The van der Waals surface area contributed by atoms with Crippen LogP contribution in [0.4, 0.5) is 10.5 Å². The third-order valence-corrected chi connectivity index (χ3v) is 4.76. The van der Waals surface area contributed by atoms with Crippen molar-refractivity contribution in [2.45, 2.75) is 12.6 Å². The van der Waals surface area contributed by atoms with Crippen molar-refractivity contribution in [2.75, 3.05) is 18.0 Å². The summed E-state index contributed by atoms with van der Waals surface area (Å²) in [7, 11) is 0. The van der Waals surface area contributed by atoms with E-state index < -0.39 is 0 Å². The SMILES string of the molecule is O=C1N(c2cccc(Cl)c2)[C@@H](c2ccc(Cl)cc2)N2CCCN12. The Labute approximate surface area is 144 Å². The normalized spacial score (nSPS) is 21.1. The summed E-state index contributed by atoms with van der Waals surface area (Å²) < 4.78 is 0. The van der Waals surface area contributed by atoms with E-state index in [4.69, 9.17) is 23.2 Å². The topological polar surface area (TPSA) is 26.8 Å². The number of carbonyl (C=O) groups is 1. The maximum atomic E-state index is 12.9. The van der Waals surface area contributed by atoms with Crippen LogP contribution < -0.4 is 4.90 Å². The van der Waals surface area contributed by atoms with Crippen LogP contribution in [0.15, 0.2) is 48.5 Å². The van der Waals surface area contributed by atoms with Gasteiger partial charge in [0.05, 0.1) is 0 Å². The number of nitrogens with zero attached hydrogens (tertiary/aromatic N) is 3. The van der Waals surface area contributed by atoms with Gasteiger partial charge in [-0.2, -0.15) is 5.01 Å². The molecule has 2 aliphatic rings. The Balaban J connectivity index is 1.81. The molecule has 6 heteroatoms. The minimum atomic E-state index is -0.166. The summed E-state index contributed by atoms with van der Waals surface area (Å²) >= 11 is 12.1. The average molecular weight is 348 g/mol. The number of anilines is 1. The molecule has 2 fully saturated rings. The highest BCUT2D eigenvalue weighted by Gasteiger charge is 2.47. The van der Waals surface area contributed by atoms with Gasteiger partial charge >= 0.3 is 6.03 Å². The molecular weight excluding hydrogens is 333 g/mol. The van der Waals surface area contributed by atoms with Crippen molar-refractivity contribution < 1.29 is 4.79 Å². The van der Waals surface area contributed by atoms with E-state index in [0.29, 0.717) is 10.0 Å². The number of hydrazine groups is 1. The highest BCUT2D eigenvalue weighted by atomic mass is 35.5. The molecule has 4 rings (SSSR count). The van der Waals surface area contributed by atoms with Crippen molar-refractivity contribution in [3.8, 4) is 0 Å². The number of carbonyl (C=O) groups excluding carboxylic acids is 1. The highest BCUT2D eigenvalue weighted by molar-refractivity contribution is 6.31. The van der Waals surface area contributed by atoms with E-state index in [-0.39, 0.29) is 12.2 Å². The Morgan fingerprint density at radius 1 is 0.957 bits per heavy atom. The van der Waals surface area contributed by atoms with E-state index in [1.807, 2.05) is 53.5 Å². The van der Waals surface area contributed by atoms with Crippen LogP contribution in [0.2, 0.25) is 10.0 Å². The molecule has 0 bridgehead atoms. The summed E-state index contributed by atoms with van der Waals surface area (Å²) in [5, 5.41) is 5.24. The van der Waals surface area contributed by atoms with Crippen LogP contribution in [0.1, 0.15) is 18.2 Å². The van der Waals surface area contributed by atoms with E-state index in [1.54, 1.807) is 4.90 Å². The minimum Gasteiger partial charge on any atom is -0.271 e. The fourth-order valence-corrected chi connectivity index (χ4v) is 3.60. The lowest BCUT2D eigenvalue weighted by Crippen LogP contribution is -2.32. The van der Waals surface area contributed by atoms with Crippen LogP contribution in [-0.4, -0.2) is 29.1 Å². The molecule has 2 heterocycles. The zero-order valence-electron chi connectivity index (χ0n) is 12.3.